The Kier molecular flexibility index (Phi) is 5.80. The van der Waals surface area contributed by atoms with Crippen molar-refractivity contribution in [3.8, 4) is 0 Å². The largest absolute Gasteiger partial charge is 0.375 e. The maximum atomic E-state index is 5.25. The second-order valence-electron chi connectivity index (χ2n) is 3.29. The lowest BCUT2D eigenvalue weighted by molar-refractivity contribution is 0.656. The Labute approximate surface area is 95.5 Å². The third kappa shape index (κ3) is 4.20. The Morgan fingerprint density at radius 2 is 2.29 bits per heavy atom. The molecule has 14 heavy (non-hydrogen) atoms. The predicted octanol–water partition coefficient (Wildman–Crippen LogP) is 3.59. The van der Waals surface area contributed by atoms with Gasteiger partial charge in [0.25, 0.3) is 0 Å². The van der Waals surface area contributed by atoms with Gasteiger partial charge in [-0.2, -0.15) is 0 Å². The van der Waals surface area contributed by atoms with E-state index < -0.39 is 0 Å². The average molecular weight is 227 g/mol. The quantitative estimate of drug-likeness (QED) is 0.589. The van der Waals surface area contributed by atoms with Gasteiger partial charge in [-0.25, -0.2) is 0 Å². The molecule has 0 radical (unpaired) electrons. The van der Waals surface area contributed by atoms with Crippen LogP contribution in [0.5, 0.6) is 0 Å². The van der Waals surface area contributed by atoms with E-state index in [-0.39, 0.29) is 0 Å². The van der Waals surface area contributed by atoms with Gasteiger partial charge in [0.05, 0.1) is 4.88 Å². The topological polar surface area (TPSA) is 12.0 Å². The van der Waals surface area contributed by atoms with Crippen LogP contribution < -0.4 is 5.32 Å². The van der Waals surface area contributed by atoms with E-state index in [4.69, 9.17) is 12.2 Å². The minimum atomic E-state index is 0.900. The molecule has 0 spiro atoms. The minimum absolute atomic E-state index is 0.900. The van der Waals surface area contributed by atoms with E-state index in [1.54, 1.807) is 11.3 Å². The Hall–Kier alpha value is -0.410. The molecule has 0 aliphatic carbocycles. The summed E-state index contributed by atoms with van der Waals surface area (Å²) in [6, 6.07) is 4.09. The minimum Gasteiger partial charge on any atom is -0.375 e. The zero-order valence-electron chi connectivity index (χ0n) is 8.58. The van der Waals surface area contributed by atoms with Crippen LogP contribution in [-0.2, 0) is 0 Å². The maximum absolute atomic E-state index is 5.25. The summed E-state index contributed by atoms with van der Waals surface area (Å²) in [5.41, 5.74) is 0. The van der Waals surface area contributed by atoms with Crippen molar-refractivity contribution in [2.75, 3.05) is 6.54 Å². The van der Waals surface area contributed by atoms with Gasteiger partial charge in [0, 0.05) is 6.54 Å². The molecule has 0 aromatic carbocycles. The van der Waals surface area contributed by atoms with E-state index in [1.165, 1.54) is 30.6 Å². The molecule has 0 unspecified atom stereocenters. The molecule has 1 aromatic heterocycles. The van der Waals surface area contributed by atoms with Gasteiger partial charge in [-0.15, -0.1) is 11.3 Å². The highest BCUT2D eigenvalue weighted by Crippen LogP contribution is 2.08. The van der Waals surface area contributed by atoms with Crippen molar-refractivity contribution in [2.24, 2.45) is 0 Å². The molecule has 1 nitrogen and oxygen atoms in total. The van der Waals surface area contributed by atoms with Crippen LogP contribution >= 0.6 is 23.6 Å². The average Bonchev–Trinajstić information content (AvgIpc) is 2.70. The number of nitrogens with one attached hydrogen (secondary N) is 1. The molecule has 0 saturated carbocycles. The molecule has 0 bridgehead atoms. The van der Waals surface area contributed by atoms with Gasteiger partial charge < -0.3 is 5.32 Å². The summed E-state index contributed by atoms with van der Waals surface area (Å²) in [5, 5.41) is 5.34. The number of hydrogen-bond donors (Lipinski definition) is 1. The smallest absolute Gasteiger partial charge is 0.116 e. The van der Waals surface area contributed by atoms with E-state index in [1.807, 2.05) is 6.07 Å². The molecule has 1 heterocycles. The summed E-state index contributed by atoms with van der Waals surface area (Å²) >= 11 is 6.95. The van der Waals surface area contributed by atoms with E-state index in [0.29, 0.717) is 0 Å². The number of thiocarbonyl (C=S) groups is 1. The second-order valence-corrected chi connectivity index (χ2v) is 4.65. The Bertz CT molecular complexity index is 254. The van der Waals surface area contributed by atoms with Crippen LogP contribution in [0.2, 0.25) is 0 Å². The molecule has 0 saturated heterocycles. The second kappa shape index (κ2) is 6.96. The Balaban J connectivity index is 2.10. The lowest BCUT2D eigenvalue weighted by atomic mass is 10.2. The van der Waals surface area contributed by atoms with Crippen molar-refractivity contribution in [3.63, 3.8) is 0 Å². The lowest BCUT2D eigenvalue weighted by Gasteiger charge is -2.05. The van der Waals surface area contributed by atoms with E-state index in [9.17, 15) is 0 Å². The molecule has 78 valence electrons. The molecule has 1 N–H and O–H groups in total. The van der Waals surface area contributed by atoms with Crippen molar-refractivity contribution in [3.05, 3.63) is 22.4 Å². The van der Waals surface area contributed by atoms with Crippen LogP contribution in [-0.4, -0.2) is 11.5 Å². The molecule has 1 aromatic rings. The molecule has 1 rings (SSSR count). The molecule has 0 aliphatic heterocycles. The van der Waals surface area contributed by atoms with Crippen molar-refractivity contribution >= 4 is 28.5 Å². The summed E-state index contributed by atoms with van der Waals surface area (Å²) in [4.78, 5) is 2.08. The molecule has 3 heteroatoms. The summed E-state index contributed by atoms with van der Waals surface area (Å²) in [5.74, 6) is 0. The Morgan fingerprint density at radius 3 is 2.93 bits per heavy atom. The van der Waals surface area contributed by atoms with Crippen LogP contribution in [0.4, 0.5) is 0 Å². The number of unbranched alkanes of at least 4 members (excludes halogenated alkanes) is 3. The zero-order valence-corrected chi connectivity index (χ0v) is 10.2. The van der Waals surface area contributed by atoms with Crippen LogP contribution in [0.25, 0.3) is 0 Å². The van der Waals surface area contributed by atoms with Gasteiger partial charge in [-0.3, -0.25) is 0 Å². The standard InChI is InChI=1S/C11H17NS2/c1-2-3-4-5-8-12-11(13)10-7-6-9-14-10/h6-7,9H,2-5,8H2,1H3,(H,12,13). The monoisotopic (exact) mass is 227 g/mol. The van der Waals surface area contributed by atoms with Gasteiger partial charge in [0.2, 0.25) is 0 Å². The number of rotatable bonds is 6. The maximum Gasteiger partial charge on any atom is 0.116 e. The van der Waals surface area contributed by atoms with Crippen molar-refractivity contribution in [1.82, 2.24) is 5.32 Å². The van der Waals surface area contributed by atoms with Crippen molar-refractivity contribution in [2.45, 2.75) is 32.6 Å². The molecule has 0 amide bonds. The number of thiophene rings is 1. The first-order valence-electron chi connectivity index (χ1n) is 5.16. The van der Waals surface area contributed by atoms with Gasteiger partial charge >= 0.3 is 0 Å². The third-order valence-corrected chi connectivity index (χ3v) is 3.44. The van der Waals surface area contributed by atoms with E-state index >= 15 is 0 Å². The fourth-order valence-electron chi connectivity index (χ4n) is 1.25. The summed E-state index contributed by atoms with van der Waals surface area (Å²) in [6.45, 7) is 3.24. The van der Waals surface area contributed by atoms with E-state index in [0.717, 1.165) is 11.5 Å². The lowest BCUT2D eigenvalue weighted by Crippen LogP contribution is -2.22. The van der Waals surface area contributed by atoms with Crippen molar-refractivity contribution in [1.29, 1.82) is 0 Å². The van der Waals surface area contributed by atoms with Gasteiger partial charge in [-0.1, -0.05) is 44.5 Å². The SMILES string of the molecule is CCCCCCNC(=S)c1cccs1. The molecular weight excluding hydrogens is 210 g/mol. The van der Waals surface area contributed by atoms with Crippen LogP contribution in [0.3, 0.4) is 0 Å². The first-order chi connectivity index (χ1) is 6.84. The fraction of sp³-hybridized carbons (Fsp3) is 0.545. The predicted molar refractivity (Wildman–Crippen MR) is 68.2 cm³/mol. The van der Waals surface area contributed by atoms with Gasteiger partial charge in [0.15, 0.2) is 0 Å². The van der Waals surface area contributed by atoms with Crippen LogP contribution in [0.15, 0.2) is 17.5 Å². The Morgan fingerprint density at radius 1 is 1.43 bits per heavy atom. The summed E-state index contributed by atoms with van der Waals surface area (Å²) in [7, 11) is 0. The van der Waals surface area contributed by atoms with Gasteiger partial charge in [-0.05, 0) is 17.9 Å². The summed E-state index contributed by atoms with van der Waals surface area (Å²) < 4.78 is 0. The third-order valence-electron chi connectivity index (χ3n) is 2.06. The highest BCUT2D eigenvalue weighted by molar-refractivity contribution is 7.81. The first kappa shape index (κ1) is 11.7. The number of hydrogen-bond acceptors (Lipinski definition) is 2. The normalized spacial score (nSPS) is 10.1. The summed E-state index contributed by atoms with van der Waals surface area (Å²) in [6.07, 6.45) is 5.14. The fourth-order valence-corrected chi connectivity index (χ4v) is 2.20. The molecular formula is C11H17NS2. The van der Waals surface area contributed by atoms with Gasteiger partial charge in [0.1, 0.15) is 4.99 Å². The van der Waals surface area contributed by atoms with E-state index in [2.05, 4.69) is 23.7 Å². The highest BCUT2D eigenvalue weighted by Gasteiger charge is 1.99. The van der Waals surface area contributed by atoms with Crippen LogP contribution in [0.1, 0.15) is 37.5 Å². The first-order valence-corrected chi connectivity index (χ1v) is 6.45. The highest BCUT2D eigenvalue weighted by atomic mass is 32.1. The molecule has 0 atom stereocenters. The molecule has 0 fully saturated rings. The zero-order chi connectivity index (χ0) is 10.2. The van der Waals surface area contributed by atoms with Crippen LogP contribution in [0, 0.1) is 0 Å². The van der Waals surface area contributed by atoms with Crippen molar-refractivity contribution < 1.29 is 0 Å². The molecule has 0 aliphatic rings.